The molecule has 0 atom stereocenters. The van der Waals surface area contributed by atoms with Gasteiger partial charge in [0.05, 0.1) is 11.6 Å². The summed E-state index contributed by atoms with van der Waals surface area (Å²) < 4.78 is 1.07. The summed E-state index contributed by atoms with van der Waals surface area (Å²) in [4.78, 5) is 0. The van der Waals surface area contributed by atoms with E-state index in [9.17, 15) is 0 Å². The molecule has 0 aliphatic rings. The van der Waals surface area contributed by atoms with Crippen molar-refractivity contribution in [3.8, 4) is 6.07 Å². The first kappa shape index (κ1) is 8.34. The summed E-state index contributed by atoms with van der Waals surface area (Å²) >= 11 is 2.20. The lowest BCUT2D eigenvalue weighted by molar-refractivity contribution is 1.44. The predicted octanol–water partition coefficient (Wildman–Crippen LogP) is 2.20. The summed E-state index contributed by atoms with van der Waals surface area (Å²) in [6.45, 7) is 0. The van der Waals surface area contributed by atoms with Crippen LogP contribution in [0.15, 0.2) is 18.2 Å². The molecule has 1 N–H and O–H groups in total. The molecule has 0 aromatic heterocycles. The van der Waals surface area contributed by atoms with E-state index in [2.05, 4.69) is 34.0 Å². The van der Waals surface area contributed by atoms with Gasteiger partial charge in [-0.3, -0.25) is 0 Å². The Hall–Kier alpha value is -0.760. The van der Waals surface area contributed by atoms with E-state index in [1.807, 2.05) is 19.2 Å². The maximum absolute atomic E-state index is 8.55. The molecule has 0 unspecified atom stereocenters. The molecule has 0 heterocycles. The Balaban J connectivity index is 3.12. The van der Waals surface area contributed by atoms with Crippen molar-refractivity contribution in [3.05, 3.63) is 27.3 Å². The van der Waals surface area contributed by atoms with Crippen molar-refractivity contribution >= 4 is 28.3 Å². The third-order valence-corrected chi connectivity index (χ3v) is 2.26. The Morgan fingerprint density at radius 3 is 2.73 bits per heavy atom. The van der Waals surface area contributed by atoms with Gasteiger partial charge in [-0.25, -0.2) is 0 Å². The van der Waals surface area contributed by atoms with Crippen molar-refractivity contribution in [3.63, 3.8) is 0 Å². The summed E-state index contributed by atoms with van der Waals surface area (Å²) in [5, 5.41) is 11.6. The number of hydrogen-bond acceptors (Lipinski definition) is 2. The standard InChI is InChI=1S/C8H7IN2/c1-11-8-3-2-6(5-10)4-7(8)9/h2-4,11H,1H3. The van der Waals surface area contributed by atoms with Crippen LogP contribution < -0.4 is 5.32 Å². The van der Waals surface area contributed by atoms with Crippen LogP contribution in [0, 0.1) is 14.9 Å². The zero-order valence-corrected chi connectivity index (χ0v) is 8.21. The summed E-state index contributed by atoms with van der Waals surface area (Å²) in [5.41, 5.74) is 1.76. The average Bonchev–Trinajstić information content (AvgIpc) is 2.04. The zero-order valence-electron chi connectivity index (χ0n) is 6.06. The van der Waals surface area contributed by atoms with Gasteiger partial charge in [-0.05, 0) is 40.8 Å². The number of hydrogen-bond donors (Lipinski definition) is 1. The van der Waals surface area contributed by atoms with E-state index in [-0.39, 0.29) is 0 Å². The van der Waals surface area contributed by atoms with E-state index in [4.69, 9.17) is 5.26 Å². The van der Waals surface area contributed by atoms with Crippen molar-refractivity contribution in [1.82, 2.24) is 0 Å². The zero-order chi connectivity index (χ0) is 8.27. The molecule has 1 aromatic carbocycles. The van der Waals surface area contributed by atoms with Gasteiger partial charge in [0, 0.05) is 16.3 Å². The Morgan fingerprint density at radius 1 is 1.55 bits per heavy atom. The van der Waals surface area contributed by atoms with Gasteiger partial charge in [-0.2, -0.15) is 5.26 Å². The van der Waals surface area contributed by atoms with Gasteiger partial charge >= 0.3 is 0 Å². The quantitative estimate of drug-likeness (QED) is 0.784. The van der Waals surface area contributed by atoms with Gasteiger partial charge in [0.2, 0.25) is 0 Å². The molecule has 0 aliphatic carbocycles. The predicted molar refractivity (Wildman–Crippen MR) is 53.4 cm³/mol. The molecule has 11 heavy (non-hydrogen) atoms. The SMILES string of the molecule is CNc1ccc(C#N)cc1I. The molecule has 0 saturated heterocycles. The number of anilines is 1. The number of halogens is 1. The molecular weight excluding hydrogens is 251 g/mol. The molecule has 1 rings (SSSR count). The van der Waals surface area contributed by atoms with Crippen LogP contribution in [-0.2, 0) is 0 Å². The lowest BCUT2D eigenvalue weighted by atomic mass is 10.2. The van der Waals surface area contributed by atoms with E-state index in [1.54, 1.807) is 6.07 Å². The minimum absolute atomic E-state index is 0.702. The first-order valence-corrected chi connectivity index (χ1v) is 4.23. The van der Waals surface area contributed by atoms with Crippen molar-refractivity contribution in [2.24, 2.45) is 0 Å². The van der Waals surface area contributed by atoms with E-state index >= 15 is 0 Å². The Morgan fingerprint density at radius 2 is 2.27 bits per heavy atom. The molecule has 0 saturated carbocycles. The highest BCUT2D eigenvalue weighted by Gasteiger charge is 1.97. The topological polar surface area (TPSA) is 35.8 Å². The van der Waals surface area contributed by atoms with Crippen LogP contribution in [0.1, 0.15) is 5.56 Å². The van der Waals surface area contributed by atoms with Crippen LogP contribution in [0.25, 0.3) is 0 Å². The summed E-state index contributed by atoms with van der Waals surface area (Å²) in [5.74, 6) is 0. The monoisotopic (exact) mass is 258 g/mol. The van der Waals surface area contributed by atoms with Crippen molar-refractivity contribution in [1.29, 1.82) is 5.26 Å². The number of nitriles is 1. The lowest BCUT2D eigenvalue weighted by Crippen LogP contribution is -1.91. The van der Waals surface area contributed by atoms with Gasteiger partial charge < -0.3 is 5.32 Å². The van der Waals surface area contributed by atoms with Gasteiger partial charge in [0.1, 0.15) is 0 Å². The lowest BCUT2D eigenvalue weighted by Gasteiger charge is -2.01. The Labute approximate surface area is 79.4 Å². The number of benzene rings is 1. The third-order valence-electron chi connectivity index (χ3n) is 1.37. The molecule has 0 aliphatic heterocycles. The van der Waals surface area contributed by atoms with Gasteiger partial charge in [0.25, 0.3) is 0 Å². The normalized spacial score (nSPS) is 8.82. The first-order valence-electron chi connectivity index (χ1n) is 3.15. The summed E-state index contributed by atoms with van der Waals surface area (Å²) in [6.07, 6.45) is 0. The molecule has 0 spiro atoms. The van der Waals surface area contributed by atoms with Gasteiger partial charge in [-0.15, -0.1) is 0 Å². The minimum atomic E-state index is 0.702. The van der Waals surface area contributed by atoms with Crippen LogP contribution in [0.2, 0.25) is 0 Å². The molecule has 0 amide bonds. The van der Waals surface area contributed by atoms with Gasteiger partial charge in [0.15, 0.2) is 0 Å². The second-order valence-electron chi connectivity index (χ2n) is 2.06. The summed E-state index contributed by atoms with van der Waals surface area (Å²) in [7, 11) is 1.86. The van der Waals surface area contributed by atoms with Crippen LogP contribution in [0.3, 0.4) is 0 Å². The molecule has 0 fully saturated rings. The molecular formula is C8H7IN2. The van der Waals surface area contributed by atoms with Crippen molar-refractivity contribution < 1.29 is 0 Å². The highest BCUT2D eigenvalue weighted by Crippen LogP contribution is 2.18. The average molecular weight is 258 g/mol. The summed E-state index contributed by atoms with van der Waals surface area (Å²) in [6, 6.07) is 7.64. The van der Waals surface area contributed by atoms with Crippen molar-refractivity contribution in [2.45, 2.75) is 0 Å². The van der Waals surface area contributed by atoms with Crippen LogP contribution in [0.5, 0.6) is 0 Å². The fraction of sp³-hybridized carbons (Fsp3) is 0.125. The van der Waals surface area contributed by atoms with E-state index in [0.717, 1.165) is 9.26 Å². The molecule has 1 aromatic rings. The van der Waals surface area contributed by atoms with E-state index in [1.165, 1.54) is 0 Å². The van der Waals surface area contributed by atoms with E-state index < -0.39 is 0 Å². The molecule has 0 bridgehead atoms. The number of nitrogens with one attached hydrogen (secondary N) is 1. The first-order chi connectivity index (χ1) is 5.27. The molecule has 3 heteroatoms. The second-order valence-corrected chi connectivity index (χ2v) is 3.22. The smallest absolute Gasteiger partial charge is 0.0992 e. The van der Waals surface area contributed by atoms with Crippen molar-refractivity contribution in [2.75, 3.05) is 12.4 Å². The fourth-order valence-corrected chi connectivity index (χ4v) is 1.57. The molecule has 56 valence electrons. The molecule has 2 nitrogen and oxygen atoms in total. The van der Waals surface area contributed by atoms with Crippen LogP contribution >= 0.6 is 22.6 Å². The molecule has 0 radical (unpaired) electrons. The number of rotatable bonds is 1. The Bertz CT molecular complexity index is 301. The van der Waals surface area contributed by atoms with Gasteiger partial charge in [-0.1, -0.05) is 0 Å². The van der Waals surface area contributed by atoms with E-state index in [0.29, 0.717) is 5.56 Å². The maximum atomic E-state index is 8.55. The van der Waals surface area contributed by atoms with Crippen LogP contribution in [-0.4, -0.2) is 7.05 Å². The highest BCUT2D eigenvalue weighted by atomic mass is 127. The number of nitrogens with zero attached hydrogens (tertiary/aromatic N) is 1. The second kappa shape index (κ2) is 3.58. The van der Waals surface area contributed by atoms with Crippen LogP contribution in [0.4, 0.5) is 5.69 Å². The third kappa shape index (κ3) is 1.84. The minimum Gasteiger partial charge on any atom is -0.387 e. The fourth-order valence-electron chi connectivity index (χ4n) is 0.787. The largest absolute Gasteiger partial charge is 0.387 e. The highest BCUT2D eigenvalue weighted by molar-refractivity contribution is 14.1. The Kier molecular flexibility index (Phi) is 2.71. The maximum Gasteiger partial charge on any atom is 0.0992 e.